The first-order valence-electron chi connectivity index (χ1n) is 6.87. The van der Waals surface area contributed by atoms with Crippen molar-refractivity contribution in [1.29, 1.82) is 0 Å². The van der Waals surface area contributed by atoms with Crippen LogP contribution in [0.4, 0.5) is 5.82 Å². The molecule has 1 unspecified atom stereocenters. The van der Waals surface area contributed by atoms with Gasteiger partial charge in [-0.25, -0.2) is 4.98 Å². The van der Waals surface area contributed by atoms with Gasteiger partial charge in [0.2, 0.25) is 0 Å². The molecule has 1 aromatic heterocycles. The standard InChI is InChI=1S/C14H22N4O.2ClH/c1-11(15-2)9-17-14(19)12-5-6-13(16-10-12)18-7-3-4-8-18;;/h5-6,10-11,15H,3-4,7-9H2,1-2H3,(H,17,19);2*1H. The van der Waals surface area contributed by atoms with E-state index < -0.39 is 0 Å². The molecule has 0 radical (unpaired) electrons. The van der Waals surface area contributed by atoms with E-state index in [2.05, 4.69) is 20.5 Å². The summed E-state index contributed by atoms with van der Waals surface area (Å²) in [5, 5.41) is 5.96. The second-order valence-electron chi connectivity index (χ2n) is 5.00. The average Bonchev–Trinajstić information content (AvgIpc) is 2.98. The molecule has 1 aliphatic heterocycles. The van der Waals surface area contributed by atoms with E-state index in [1.54, 1.807) is 6.20 Å². The number of pyridine rings is 1. The molecule has 0 bridgehead atoms. The highest BCUT2D eigenvalue weighted by atomic mass is 35.5. The number of nitrogens with zero attached hydrogens (tertiary/aromatic N) is 2. The zero-order valence-electron chi connectivity index (χ0n) is 12.5. The third-order valence-corrected chi connectivity index (χ3v) is 3.50. The second kappa shape index (κ2) is 9.82. The summed E-state index contributed by atoms with van der Waals surface area (Å²) in [4.78, 5) is 18.5. The molecular formula is C14H24Cl2N4O. The zero-order valence-corrected chi connectivity index (χ0v) is 14.1. The van der Waals surface area contributed by atoms with Gasteiger partial charge in [0, 0.05) is 31.9 Å². The second-order valence-corrected chi connectivity index (χ2v) is 5.00. The van der Waals surface area contributed by atoms with Crippen molar-refractivity contribution in [3.8, 4) is 0 Å². The van der Waals surface area contributed by atoms with Gasteiger partial charge in [-0.1, -0.05) is 0 Å². The van der Waals surface area contributed by atoms with Crippen LogP contribution in [0.2, 0.25) is 0 Å². The highest BCUT2D eigenvalue weighted by Gasteiger charge is 2.14. The molecule has 0 aliphatic carbocycles. The first-order valence-corrected chi connectivity index (χ1v) is 6.87. The van der Waals surface area contributed by atoms with Gasteiger partial charge in [-0.05, 0) is 38.9 Å². The van der Waals surface area contributed by atoms with Crippen LogP contribution in [0, 0.1) is 0 Å². The Labute approximate surface area is 138 Å². The van der Waals surface area contributed by atoms with Crippen LogP contribution in [-0.4, -0.2) is 43.6 Å². The van der Waals surface area contributed by atoms with E-state index in [0.717, 1.165) is 18.9 Å². The number of nitrogens with one attached hydrogen (secondary N) is 2. The molecular weight excluding hydrogens is 311 g/mol. The number of carbonyl (C=O) groups excluding carboxylic acids is 1. The SMILES string of the molecule is CNC(C)CNC(=O)c1ccc(N2CCCC2)nc1.Cl.Cl. The molecule has 120 valence electrons. The molecule has 0 aromatic carbocycles. The summed E-state index contributed by atoms with van der Waals surface area (Å²) in [6.07, 6.45) is 4.12. The Morgan fingerprint density at radius 2 is 2.00 bits per heavy atom. The molecule has 0 saturated carbocycles. The van der Waals surface area contributed by atoms with Crippen molar-refractivity contribution in [2.75, 3.05) is 31.6 Å². The van der Waals surface area contributed by atoms with Gasteiger partial charge >= 0.3 is 0 Å². The van der Waals surface area contributed by atoms with E-state index >= 15 is 0 Å². The molecule has 2 N–H and O–H groups in total. The fourth-order valence-corrected chi connectivity index (χ4v) is 2.10. The lowest BCUT2D eigenvalue weighted by molar-refractivity contribution is 0.0950. The quantitative estimate of drug-likeness (QED) is 0.862. The van der Waals surface area contributed by atoms with Crippen LogP contribution in [0.1, 0.15) is 30.1 Å². The maximum atomic E-state index is 11.9. The van der Waals surface area contributed by atoms with Crippen molar-refractivity contribution in [3.05, 3.63) is 23.9 Å². The predicted octanol–water partition coefficient (Wildman–Crippen LogP) is 1.86. The van der Waals surface area contributed by atoms with Gasteiger partial charge in [-0.3, -0.25) is 4.79 Å². The summed E-state index contributed by atoms with van der Waals surface area (Å²) in [6, 6.07) is 4.04. The summed E-state index contributed by atoms with van der Waals surface area (Å²) in [6.45, 7) is 4.77. The minimum atomic E-state index is -0.0671. The van der Waals surface area contributed by atoms with Crippen molar-refractivity contribution >= 4 is 36.5 Å². The first-order chi connectivity index (χ1) is 9.20. The Balaban J connectivity index is 0.00000200. The van der Waals surface area contributed by atoms with Crippen LogP contribution in [0.15, 0.2) is 18.3 Å². The van der Waals surface area contributed by atoms with Crippen LogP contribution in [0.25, 0.3) is 0 Å². The van der Waals surface area contributed by atoms with Crippen LogP contribution in [-0.2, 0) is 0 Å². The lowest BCUT2D eigenvalue weighted by atomic mass is 10.2. The number of anilines is 1. The van der Waals surface area contributed by atoms with Gasteiger partial charge in [0.1, 0.15) is 5.82 Å². The highest BCUT2D eigenvalue weighted by molar-refractivity contribution is 5.94. The third-order valence-electron chi connectivity index (χ3n) is 3.50. The van der Waals surface area contributed by atoms with Gasteiger partial charge < -0.3 is 15.5 Å². The molecule has 1 amide bonds. The summed E-state index contributed by atoms with van der Waals surface area (Å²) in [5.41, 5.74) is 0.617. The largest absolute Gasteiger partial charge is 0.357 e. The third kappa shape index (κ3) is 5.69. The van der Waals surface area contributed by atoms with Crippen LogP contribution in [0.5, 0.6) is 0 Å². The average molecular weight is 335 g/mol. The van der Waals surface area contributed by atoms with Crippen molar-refractivity contribution < 1.29 is 4.79 Å². The molecule has 5 nitrogen and oxygen atoms in total. The minimum Gasteiger partial charge on any atom is -0.357 e. The van der Waals surface area contributed by atoms with E-state index in [1.165, 1.54) is 12.8 Å². The first kappa shape index (κ1) is 20.0. The topological polar surface area (TPSA) is 57.3 Å². The summed E-state index contributed by atoms with van der Waals surface area (Å²) >= 11 is 0. The summed E-state index contributed by atoms with van der Waals surface area (Å²) < 4.78 is 0. The Bertz CT molecular complexity index is 421. The Hall–Kier alpha value is -1.04. The van der Waals surface area contributed by atoms with Crippen LogP contribution in [0.3, 0.4) is 0 Å². The van der Waals surface area contributed by atoms with Crippen molar-refractivity contribution in [1.82, 2.24) is 15.6 Å². The molecule has 1 saturated heterocycles. The molecule has 1 atom stereocenters. The molecule has 1 aromatic rings. The van der Waals surface area contributed by atoms with E-state index in [0.29, 0.717) is 12.1 Å². The van der Waals surface area contributed by atoms with Crippen LogP contribution >= 0.6 is 24.8 Å². The van der Waals surface area contributed by atoms with Crippen molar-refractivity contribution in [3.63, 3.8) is 0 Å². The number of aromatic nitrogens is 1. The fourth-order valence-electron chi connectivity index (χ4n) is 2.10. The molecule has 7 heteroatoms. The van der Waals surface area contributed by atoms with E-state index in [1.807, 2.05) is 26.1 Å². The van der Waals surface area contributed by atoms with E-state index in [4.69, 9.17) is 0 Å². The summed E-state index contributed by atoms with van der Waals surface area (Å²) in [7, 11) is 1.88. The number of hydrogen-bond donors (Lipinski definition) is 2. The number of halogens is 2. The fraction of sp³-hybridized carbons (Fsp3) is 0.571. The number of rotatable bonds is 5. The molecule has 1 aliphatic rings. The van der Waals surface area contributed by atoms with Gasteiger partial charge in [-0.2, -0.15) is 0 Å². The predicted molar refractivity (Wildman–Crippen MR) is 91.0 cm³/mol. The maximum absolute atomic E-state index is 11.9. The van der Waals surface area contributed by atoms with E-state index in [9.17, 15) is 4.79 Å². The monoisotopic (exact) mass is 334 g/mol. The minimum absolute atomic E-state index is 0. The number of hydrogen-bond acceptors (Lipinski definition) is 4. The maximum Gasteiger partial charge on any atom is 0.252 e. The normalized spacial score (nSPS) is 14.9. The zero-order chi connectivity index (χ0) is 13.7. The lowest BCUT2D eigenvalue weighted by Crippen LogP contribution is -2.37. The Kier molecular flexibility index (Phi) is 9.33. The lowest BCUT2D eigenvalue weighted by Gasteiger charge is -2.16. The molecule has 1 fully saturated rings. The summed E-state index contributed by atoms with van der Waals surface area (Å²) in [5.74, 6) is 0.903. The van der Waals surface area contributed by atoms with Gasteiger partial charge in [0.05, 0.1) is 5.56 Å². The number of amides is 1. The molecule has 0 spiro atoms. The number of carbonyl (C=O) groups is 1. The van der Waals surface area contributed by atoms with Gasteiger partial charge in [0.25, 0.3) is 5.91 Å². The van der Waals surface area contributed by atoms with Crippen LogP contribution < -0.4 is 15.5 Å². The Morgan fingerprint density at radius 1 is 1.33 bits per heavy atom. The van der Waals surface area contributed by atoms with Crippen molar-refractivity contribution in [2.24, 2.45) is 0 Å². The smallest absolute Gasteiger partial charge is 0.252 e. The molecule has 21 heavy (non-hydrogen) atoms. The van der Waals surface area contributed by atoms with Gasteiger partial charge in [-0.15, -0.1) is 24.8 Å². The molecule has 2 heterocycles. The highest BCUT2D eigenvalue weighted by Crippen LogP contribution is 2.17. The molecule has 2 rings (SSSR count). The van der Waals surface area contributed by atoms with E-state index in [-0.39, 0.29) is 36.8 Å². The Morgan fingerprint density at radius 3 is 2.52 bits per heavy atom. The van der Waals surface area contributed by atoms with Crippen molar-refractivity contribution in [2.45, 2.75) is 25.8 Å². The number of likely N-dealkylation sites (N-methyl/N-ethyl adjacent to an activating group) is 1. The van der Waals surface area contributed by atoms with Gasteiger partial charge in [0.15, 0.2) is 0 Å².